The highest BCUT2D eigenvalue weighted by atomic mass is 16.5. The lowest BCUT2D eigenvalue weighted by molar-refractivity contribution is -0.133. The molecule has 25 heavy (non-hydrogen) atoms. The molecule has 0 N–H and O–H groups in total. The van der Waals surface area contributed by atoms with E-state index in [-0.39, 0.29) is 5.91 Å². The quantitative estimate of drug-likeness (QED) is 0.617. The van der Waals surface area contributed by atoms with Crippen molar-refractivity contribution >= 4 is 5.91 Å². The summed E-state index contributed by atoms with van der Waals surface area (Å²) >= 11 is 0. The van der Waals surface area contributed by atoms with Crippen molar-refractivity contribution < 1.29 is 13.9 Å². The Kier molecular flexibility index (Phi) is 5.88. The summed E-state index contributed by atoms with van der Waals surface area (Å²) in [7, 11) is 0. The van der Waals surface area contributed by atoms with Crippen molar-refractivity contribution in [2.75, 3.05) is 6.61 Å². The molecule has 0 saturated heterocycles. The Morgan fingerprint density at radius 1 is 0.880 bits per heavy atom. The highest BCUT2D eigenvalue weighted by Gasteiger charge is 2.16. The van der Waals surface area contributed by atoms with Crippen molar-refractivity contribution in [3.63, 3.8) is 0 Å². The molecule has 0 spiro atoms. The van der Waals surface area contributed by atoms with Crippen LogP contribution in [0.5, 0.6) is 5.75 Å². The lowest BCUT2D eigenvalue weighted by atomic mass is 10.2. The van der Waals surface area contributed by atoms with Gasteiger partial charge in [-0.2, -0.15) is 0 Å². The van der Waals surface area contributed by atoms with Gasteiger partial charge in [-0.05, 0) is 29.8 Å². The molecule has 0 unspecified atom stereocenters. The van der Waals surface area contributed by atoms with Gasteiger partial charge in [-0.1, -0.05) is 48.5 Å². The molecule has 3 rings (SSSR count). The standard InChI is InChI=1S/C21H21NO3/c23-21(13-15-25-19-10-5-2-6-11-19)22(17-20-12-7-14-24-20)16-18-8-3-1-4-9-18/h1-12,14H,13,15-17H2. The largest absolute Gasteiger partial charge is 0.493 e. The van der Waals surface area contributed by atoms with E-state index in [2.05, 4.69) is 0 Å². The second kappa shape index (κ2) is 8.73. The Balaban J connectivity index is 1.60. The number of hydrogen-bond donors (Lipinski definition) is 0. The molecule has 0 aliphatic carbocycles. The molecule has 3 aromatic rings. The molecular formula is C21H21NO3. The summed E-state index contributed by atoms with van der Waals surface area (Å²) in [5.41, 5.74) is 1.09. The smallest absolute Gasteiger partial charge is 0.226 e. The maximum Gasteiger partial charge on any atom is 0.226 e. The monoisotopic (exact) mass is 335 g/mol. The zero-order chi connectivity index (χ0) is 17.3. The summed E-state index contributed by atoms with van der Waals surface area (Å²) in [4.78, 5) is 14.5. The molecule has 0 aliphatic rings. The van der Waals surface area contributed by atoms with Gasteiger partial charge in [-0.25, -0.2) is 0 Å². The van der Waals surface area contributed by atoms with Crippen molar-refractivity contribution in [2.24, 2.45) is 0 Å². The summed E-state index contributed by atoms with van der Waals surface area (Å²) in [6, 6.07) is 23.2. The van der Waals surface area contributed by atoms with E-state index in [0.717, 1.165) is 17.1 Å². The van der Waals surface area contributed by atoms with E-state index in [0.29, 0.717) is 26.1 Å². The molecule has 0 saturated carbocycles. The van der Waals surface area contributed by atoms with Crippen molar-refractivity contribution in [3.05, 3.63) is 90.4 Å². The molecule has 4 heteroatoms. The molecule has 128 valence electrons. The molecule has 1 amide bonds. The van der Waals surface area contributed by atoms with E-state index in [4.69, 9.17) is 9.15 Å². The average molecular weight is 335 g/mol. The van der Waals surface area contributed by atoms with Crippen LogP contribution in [0.2, 0.25) is 0 Å². The van der Waals surface area contributed by atoms with E-state index in [1.807, 2.05) is 72.8 Å². The summed E-state index contributed by atoms with van der Waals surface area (Å²) < 4.78 is 11.0. The third kappa shape index (κ3) is 5.24. The lowest BCUT2D eigenvalue weighted by Gasteiger charge is -2.22. The number of carbonyl (C=O) groups excluding carboxylic acids is 1. The predicted molar refractivity (Wildman–Crippen MR) is 96.0 cm³/mol. The molecule has 0 atom stereocenters. The van der Waals surface area contributed by atoms with Gasteiger partial charge in [0.25, 0.3) is 0 Å². The fraction of sp³-hybridized carbons (Fsp3) is 0.190. The molecule has 2 aromatic carbocycles. The second-order valence-electron chi connectivity index (χ2n) is 5.73. The number of ether oxygens (including phenoxy) is 1. The van der Waals surface area contributed by atoms with Gasteiger partial charge in [0, 0.05) is 6.54 Å². The number of furan rings is 1. The SMILES string of the molecule is O=C(CCOc1ccccc1)N(Cc1ccccc1)Cc1ccco1. The number of benzene rings is 2. The highest BCUT2D eigenvalue weighted by molar-refractivity contribution is 5.76. The Hall–Kier alpha value is -3.01. The first-order chi connectivity index (χ1) is 12.3. The molecule has 4 nitrogen and oxygen atoms in total. The van der Waals surface area contributed by atoms with Crippen LogP contribution in [0.25, 0.3) is 0 Å². The maximum atomic E-state index is 12.7. The summed E-state index contributed by atoms with van der Waals surface area (Å²) in [5.74, 6) is 1.58. The summed E-state index contributed by atoms with van der Waals surface area (Å²) in [6.07, 6.45) is 1.95. The van der Waals surface area contributed by atoms with Gasteiger partial charge in [0.05, 0.1) is 25.8 Å². The second-order valence-corrected chi connectivity index (χ2v) is 5.73. The van der Waals surface area contributed by atoms with Crippen molar-refractivity contribution in [2.45, 2.75) is 19.5 Å². The van der Waals surface area contributed by atoms with Crippen molar-refractivity contribution in [1.29, 1.82) is 0 Å². The van der Waals surface area contributed by atoms with Crippen LogP contribution in [0.15, 0.2) is 83.5 Å². The van der Waals surface area contributed by atoms with E-state index in [1.165, 1.54) is 0 Å². The molecular weight excluding hydrogens is 314 g/mol. The van der Waals surface area contributed by atoms with Crippen LogP contribution in [-0.4, -0.2) is 17.4 Å². The Morgan fingerprint density at radius 3 is 2.28 bits per heavy atom. The molecule has 1 aromatic heterocycles. The minimum atomic E-state index is 0.0381. The number of carbonyl (C=O) groups is 1. The van der Waals surface area contributed by atoms with Crippen LogP contribution in [0.1, 0.15) is 17.7 Å². The first-order valence-corrected chi connectivity index (χ1v) is 8.33. The molecule has 0 fully saturated rings. The van der Waals surface area contributed by atoms with Gasteiger partial charge < -0.3 is 14.1 Å². The van der Waals surface area contributed by atoms with Gasteiger partial charge in [-0.3, -0.25) is 4.79 Å². The molecule has 0 radical (unpaired) electrons. The predicted octanol–water partition coefficient (Wildman–Crippen LogP) is 4.28. The maximum absolute atomic E-state index is 12.7. The number of hydrogen-bond acceptors (Lipinski definition) is 3. The minimum absolute atomic E-state index is 0.0381. The van der Waals surface area contributed by atoms with Crippen LogP contribution in [0.4, 0.5) is 0 Å². The van der Waals surface area contributed by atoms with Crippen LogP contribution >= 0.6 is 0 Å². The molecule has 0 bridgehead atoms. The van der Waals surface area contributed by atoms with E-state index in [1.54, 1.807) is 11.2 Å². The topological polar surface area (TPSA) is 42.7 Å². The number of amides is 1. The number of nitrogens with zero attached hydrogens (tertiary/aromatic N) is 1. The Bertz CT molecular complexity index is 754. The third-order valence-electron chi connectivity index (χ3n) is 3.82. The summed E-state index contributed by atoms with van der Waals surface area (Å²) in [5, 5.41) is 0. The molecule has 0 aliphatic heterocycles. The van der Waals surface area contributed by atoms with Gasteiger partial charge in [0.15, 0.2) is 0 Å². The minimum Gasteiger partial charge on any atom is -0.493 e. The van der Waals surface area contributed by atoms with Crippen molar-refractivity contribution in [1.82, 2.24) is 4.90 Å². The van der Waals surface area contributed by atoms with E-state index < -0.39 is 0 Å². The first-order valence-electron chi connectivity index (χ1n) is 8.33. The zero-order valence-corrected chi connectivity index (χ0v) is 14.0. The number of para-hydroxylation sites is 1. The van der Waals surface area contributed by atoms with Crippen LogP contribution < -0.4 is 4.74 Å². The van der Waals surface area contributed by atoms with E-state index in [9.17, 15) is 4.79 Å². The highest BCUT2D eigenvalue weighted by Crippen LogP contribution is 2.13. The van der Waals surface area contributed by atoms with Crippen LogP contribution in [0, 0.1) is 0 Å². The summed E-state index contributed by atoms with van der Waals surface area (Å²) in [6.45, 7) is 1.35. The van der Waals surface area contributed by atoms with Gasteiger partial charge in [0.2, 0.25) is 5.91 Å². The first kappa shape index (κ1) is 16.8. The molecule has 1 heterocycles. The normalized spacial score (nSPS) is 10.4. The van der Waals surface area contributed by atoms with Crippen LogP contribution in [-0.2, 0) is 17.9 Å². The van der Waals surface area contributed by atoms with Gasteiger partial charge >= 0.3 is 0 Å². The van der Waals surface area contributed by atoms with Gasteiger partial charge in [0.1, 0.15) is 11.5 Å². The zero-order valence-electron chi connectivity index (χ0n) is 14.0. The van der Waals surface area contributed by atoms with E-state index >= 15 is 0 Å². The fourth-order valence-electron chi connectivity index (χ4n) is 2.56. The fourth-order valence-corrected chi connectivity index (χ4v) is 2.56. The van der Waals surface area contributed by atoms with Crippen molar-refractivity contribution in [3.8, 4) is 5.75 Å². The average Bonchev–Trinajstić information content (AvgIpc) is 3.16. The Labute approximate surface area is 147 Å². The Morgan fingerprint density at radius 2 is 1.60 bits per heavy atom. The van der Waals surface area contributed by atoms with Gasteiger partial charge in [-0.15, -0.1) is 0 Å². The van der Waals surface area contributed by atoms with Crippen LogP contribution in [0.3, 0.4) is 0 Å². The third-order valence-corrected chi connectivity index (χ3v) is 3.82. The lowest BCUT2D eigenvalue weighted by Crippen LogP contribution is -2.31. The number of rotatable bonds is 8.